The minimum Gasteiger partial charge on any atom is -0.493 e. The van der Waals surface area contributed by atoms with Crippen molar-refractivity contribution in [2.45, 2.75) is 39.5 Å². The van der Waals surface area contributed by atoms with Crippen molar-refractivity contribution in [3.8, 4) is 17.2 Å². The van der Waals surface area contributed by atoms with Crippen LogP contribution in [0.2, 0.25) is 0 Å². The van der Waals surface area contributed by atoms with Gasteiger partial charge in [0.05, 0.1) is 7.11 Å². The molecule has 0 spiro atoms. The van der Waals surface area contributed by atoms with E-state index in [1.54, 1.807) is 7.11 Å². The van der Waals surface area contributed by atoms with E-state index in [2.05, 4.69) is 39.8 Å². The molecule has 2 N–H and O–H groups in total. The molecule has 0 fully saturated rings. The van der Waals surface area contributed by atoms with Crippen LogP contribution in [0.1, 0.15) is 37.5 Å². The Morgan fingerprint density at radius 3 is 2.15 bits per heavy atom. The van der Waals surface area contributed by atoms with Crippen LogP contribution in [0.15, 0.2) is 36.4 Å². The van der Waals surface area contributed by atoms with Crippen LogP contribution in [0.25, 0.3) is 0 Å². The smallest absolute Gasteiger partial charge is 0.161 e. The maximum atomic E-state index is 5.99. The summed E-state index contributed by atoms with van der Waals surface area (Å²) >= 11 is 0. The lowest BCUT2D eigenvalue weighted by Crippen LogP contribution is -2.16. The van der Waals surface area contributed by atoms with E-state index in [-0.39, 0.29) is 5.41 Å². The average molecular weight is 357 g/mol. The first kappa shape index (κ1) is 20.1. The third-order valence-corrected chi connectivity index (χ3v) is 4.20. The number of benzene rings is 2. The molecule has 2 rings (SSSR count). The van der Waals surface area contributed by atoms with Crippen LogP contribution in [0.5, 0.6) is 17.2 Å². The van der Waals surface area contributed by atoms with Crippen molar-refractivity contribution in [2.24, 2.45) is 5.73 Å². The second-order valence-corrected chi connectivity index (χ2v) is 7.47. The molecule has 0 bridgehead atoms. The normalized spacial score (nSPS) is 11.3. The Morgan fingerprint density at radius 1 is 0.885 bits per heavy atom. The second kappa shape index (κ2) is 8.95. The van der Waals surface area contributed by atoms with Crippen molar-refractivity contribution in [1.82, 2.24) is 0 Å². The van der Waals surface area contributed by atoms with Crippen LogP contribution in [0, 0.1) is 6.92 Å². The maximum absolute atomic E-state index is 5.99. The first-order valence-corrected chi connectivity index (χ1v) is 9.09. The summed E-state index contributed by atoms with van der Waals surface area (Å²) in [6, 6.07) is 12.2. The highest BCUT2D eigenvalue weighted by molar-refractivity contribution is 5.43. The largest absolute Gasteiger partial charge is 0.493 e. The SMILES string of the molecule is COc1cc(CCN)ccc1OCCOc1ccc(C)cc1C(C)(C)C. The summed E-state index contributed by atoms with van der Waals surface area (Å²) in [5.74, 6) is 2.36. The molecule has 0 aliphatic rings. The van der Waals surface area contributed by atoms with Gasteiger partial charge in [0.1, 0.15) is 19.0 Å². The molecule has 0 unspecified atom stereocenters. The van der Waals surface area contributed by atoms with Gasteiger partial charge in [0.25, 0.3) is 0 Å². The van der Waals surface area contributed by atoms with Crippen molar-refractivity contribution in [2.75, 3.05) is 26.9 Å². The highest BCUT2D eigenvalue weighted by atomic mass is 16.5. The highest BCUT2D eigenvalue weighted by Crippen LogP contribution is 2.32. The van der Waals surface area contributed by atoms with Crippen LogP contribution in [-0.2, 0) is 11.8 Å². The van der Waals surface area contributed by atoms with Crippen molar-refractivity contribution < 1.29 is 14.2 Å². The van der Waals surface area contributed by atoms with Gasteiger partial charge in [0.2, 0.25) is 0 Å². The van der Waals surface area contributed by atoms with Crippen LogP contribution in [-0.4, -0.2) is 26.9 Å². The second-order valence-electron chi connectivity index (χ2n) is 7.47. The van der Waals surface area contributed by atoms with Crippen LogP contribution < -0.4 is 19.9 Å². The van der Waals surface area contributed by atoms with Gasteiger partial charge in [0, 0.05) is 0 Å². The zero-order chi connectivity index (χ0) is 19.2. The molecule has 0 radical (unpaired) electrons. The molecule has 4 nitrogen and oxygen atoms in total. The molecule has 0 heterocycles. The van der Waals surface area contributed by atoms with E-state index in [1.165, 1.54) is 11.1 Å². The lowest BCUT2D eigenvalue weighted by molar-refractivity contribution is 0.208. The minimum atomic E-state index is 0.0320. The number of methoxy groups -OCH3 is 1. The molecule has 0 atom stereocenters. The number of nitrogens with two attached hydrogens (primary N) is 1. The molecular formula is C22H31NO3. The van der Waals surface area contributed by atoms with Crippen LogP contribution in [0.3, 0.4) is 0 Å². The van der Waals surface area contributed by atoms with Gasteiger partial charge in [-0.2, -0.15) is 0 Å². The van der Waals surface area contributed by atoms with Gasteiger partial charge in [-0.15, -0.1) is 0 Å². The van der Waals surface area contributed by atoms with Gasteiger partial charge < -0.3 is 19.9 Å². The summed E-state index contributed by atoms with van der Waals surface area (Å²) in [5.41, 5.74) is 9.23. The van der Waals surface area contributed by atoms with E-state index >= 15 is 0 Å². The van der Waals surface area contributed by atoms with E-state index in [0.29, 0.717) is 19.8 Å². The Bertz CT molecular complexity index is 720. The quantitative estimate of drug-likeness (QED) is 0.717. The Labute approximate surface area is 157 Å². The van der Waals surface area contributed by atoms with Crippen molar-refractivity contribution in [1.29, 1.82) is 0 Å². The number of aryl methyl sites for hydroxylation is 1. The number of hydrogen-bond acceptors (Lipinski definition) is 4. The first-order valence-electron chi connectivity index (χ1n) is 9.09. The highest BCUT2D eigenvalue weighted by Gasteiger charge is 2.19. The van der Waals surface area contributed by atoms with Gasteiger partial charge in [-0.1, -0.05) is 44.5 Å². The summed E-state index contributed by atoms with van der Waals surface area (Å²) < 4.78 is 17.3. The van der Waals surface area contributed by atoms with Gasteiger partial charge >= 0.3 is 0 Å². The number of ether oxygens (including phenoxy) is 3. The van der Waals surface area contributed by atoms with Gasteiger partial charge in [-0.05, 0) is 54.6 Å². The van der Waals surface area contributed by atoms with E-state index in [4.69, 9.17) is 19.9 Å². The zero-order valence-corrected chi connectivity index (χ0v) is 16.6. The number of rotatable bonds is 8. The zero-order valence-electron chi connectivity index (χ0n) is 16.6. The summed E-state index contributed by atoms with van der Waals surface area (Å²) in [6.07, 6.45) is 0.822. The molecule has 2 aromatic rings. The molecule has 0 saturated heterocycles. The van der Waals surface area contributed by atoms with Gasteiger partial charge in [0.15, 0.2) is 11.5 Å². The average Bonchev–Trinajstić information content (AvgIpc) is 2.60. The standard InChI is InChI=1S/C22H31NO3/c1-16-6-8-19(18(14-16)22(2,3)4)25-12-13-26-20-9-7-17(10-11-23)15-21(20)24-5/h6-9,14-15H,10-13,23H2,1-5H3. The lowest BCUT2D eigenvalue weighted by atomic mass is 9.85. The Hall–Kier alpha value is -2.20. The van der Waals surface area contributed by atoms with Gasteiger partial charge in [-0.25, -0.2) is 0 Å². The van der Waals surface area contributed by atoms with E-state index < -0.39 is 0 Å². The molecule has 2 aromatic carbocycles. The fourth-order valence-corrected chi connectivity index (χ4v) is 2.81. The third kappa shape index (κ3) is 5.40. The number of hydrogen-bond donors (Lipinski definition) is 1. The van der Waals surface area contributed by atoms with E-state index in [9.17, 15) is 0 Å². The topological polar surface area (TPSA) is 53.7 Å². The Balaban J connectivity index is 1.97. The van der Waals surface area contributed by atoms with Crippen molar-refractivity contribution in [3.05, 3.63) is 53.1 Å². The fraction of sp³-hybridized carbons (Fsp3) is 0.455. The third-order valence-electron chi connectivity index (χ3n) is 4.20. The van der Waals surface area contributed by atoms with Crippen LogP contribution >= 0.6 is 0 Å². The summed E-state index contributed by atoms with van der Waals surface area (Å²) in [5, 5.41) is 0. The summed E-state index contributed by atoms with van der Waals surface area (Å²) in [6.45, 7) is 10.2. The Morgan fingerprint density at radius 2 is 1.54 bits per heavy atom. The predicted molar refractivity (Wildman–Crippen MR) is 107 cm³/mol. The summed E-state index contributed by atoms with van der Waals surface area (Å²) in [4.78, 5) is 0. The van der Waals surface area contributed by atoms with Gasteiger partial charge in [-0.3, -0.25) is 0 Å². The molecule has 0 aliphatic carbocycles. The molecule has 26 heavy (non-hydrogen) atoms. The first-order chi connectivity index (χ1) is 12.3. The molecule has 0 aromatic heterocycles. The fourth-order valence-electron chi connectivity index (χ4n) is 2.81. The van der Waals surface area contributed by atoms with Crippen LogP contribution in [0.4, 0.5) is 0 Å². The van der Waals surface area contributed by atoms with Crippen molar-refractivity contribution >= 4 is 0 Å². The van der Waals surface area contributed by atoms with Crippen molar-refractivity contribution in [3.63, 3.8) is 0 Å². The predicted octanol–water partition coefficient (Wildman–Crippen LogP) is 4.26. The Kier molecular flexibility index (Phi) is 6.92. The lowest BCUT2D eigenvalue weighted by Gasteiger charge is -2.23. The molecule has 4 heteroatoms. The monoisotopic (exact) mass is 357 g/mol. The molecular weight excluding hydrogens is 326 g/mol. The van der Waals surface area contributed by atoms with E-state index in [1.807, 2.05) is 24.3 Å². The molecule has 0 saturated carbocycles. The minimum absolute atomic E-state index is 0.0320. The molecule has 0 amide bonds. The maximum Gasteiger partial charge on any atom is 0.161 e. The molecule has 0 aliphatic heterocycles. The molecule has 142 valence electrons. The van der Waals surface area contributed by atoms with E-state index in [0.717, 1.165) is 29.2 Å². The summed E-state index contributed by atoms with van der Waals surface area (Å²) in [7, 11) is 1.65.